The van der Waals surface area contributed by atoms with Crippen molar-refractivity contribution in [2.75, 3.05) is 26.3 Å². The van der Waals surface area contributed by atoms with Crippen molar-refractivity contribution in [1.82, 2.24) is 10.0 Å². The van der Waals surface area contributed by atoms with E-state index in [-0.39, 0.29) is 42.0 Å². The minimum absolute atomic E-state index is 0.0258. The monoisotopic (exact) mass is 472 g/mol. The van der Waals surface area contributed by atoms with E-state index in [1.165, 1.54) is 36.4 Å². The lowest BCUT2D eigenvalue weighted by Crippen LogP contribution is -2.32. The number of halogens is 3. The molecule has 1 saturated heterocycles. The largest absolute Gasteiger partial charge is 0.492 e. The Kier molecular flexibility index (Phi) is 7.75. The second kappa shape index (κ2) is 10.3. The van der Waals surface area contributed by atoms with E-state index in [4.69, 9.17) is 9.47 Å². The van der Waals surface area contributed by atoms with Gasteiger partial charge in [-0.05, 0) is 55.3 Å². The molecule has 0 aromatic heterocycles. The van der Waals surface area contributed by atoms with Crippen molar-refractivity contribution in [3.8, 4) is 5.75 Å². The van der Waals surface area contributed by atoms with Gasteiger partial charge in [-0.15, -0.1) is 0 Å². The number of rotatable bonds is 9. The number of alkyl halides is 3. The van der Waals surface area contributed by atoms with E-state index < -0.39 is 27.7 Å². The highest BCUT2D eigenvalue weighted by Crippen LogP contribution is 2.30. The van der Waals surface area contributed by atoms with Gasteiger partial charge in [-0.3, -0.25) is 4.79 Å². The van der Waals surface area contributed by atoms with Crippen molar-refractivity contribution < 1.29 is 35.9 Å². The minimum atomic E-state index is -4.42. The number of hydrogen-bond donors (Lipinski definition) is 2. The number of amides is 1. The zero-order valence-electron chi connectivity index (χ0n) is 17.0. The zero-order chi connectivity index (χ0) is 23.2. The summed E-state index contributed by atoms with van der Waals surface area (Å²) in [6.45, 7) is 0.886. The Bertz CT molecular complexity index is 1020. The highest BCUT2D eigenvalue weighted by molar-refractivity contribution is 7.89. The van der Waals surface area contributed by atoms with Gasteiger partial charge in [-0.25, -0.2) is 13.1 Å². The third-order valence-electron chi connectivity index (χ3n) is 4.77. The average molecular weight is 472 g/mol. The molecule has 2 aromatic carbocycles. The lowest BCUT2D eigenvalue weighted by Gasteiger charge is -2.12. The van der Waals surface area contributed by atoms with Gasteiger partial charge in [-0.1, -0.05) is 6.07 Å². The fraction of sp³-hybridized carbons (Fsp3) is 0.381. The van der Waals surface area contributed by atoms with Crippen LogP contribution in [0.2, 0.25) is 0 Å². The van der Waals surface area contributed by atoms with Crippen LogP contribution >= 0.6 is 0 Å². The maximum atomic E-state index is 12.6. The number of carbonyl (C=O) groups excluding carboxylic acids is 1. The number of ether oxygens (including phenoxy) is 2. The summed E-state index contributed by atoms with van der Waals surface area (Å²) in [7, 11) is -3.79. The third kappa shape index (κ3) is 6.68. The highest BCUT2D eigenvalue weighted by atomic mass is 32.2. The molecule has 0 spiro atoms. The van der Waals surface area contributed by atoms with Crippen LogP contribution in [-0.4, -0.2) is 46.7 Å². The molecule has 1 aliphatic heterocycles. The predicted molar refractivity (Wildman–Crippen MR) is 110 cm³/mol. The second-order valence-electron chi connectivity index (χ2n) is 7.14. The summed E-state index contributed by atoms with van der Waals surface area (Å²) >= 11 is 0. The molecule has 0 saturated carbocycles. The Morgan fingerprint density at radius 3 is 2.56 bits per heavy atom. The molecule has 1 heterocycles. The Hall–Kier alpha value is -2.63. The van der Waals surface area contributed by atoms with Crippen molar-refractivity contribution in [3.63, 3.8) is 0 Å². The van der Waals surface area contributed by atoms with Crippen molar-refractivity contribution in [3.05, 3.63) is 59.7 Å². The molecule has 11 heteroatoms. The van der Waals surface area contributed by atoms with Gasteiger partial charge in [0.1, 0.15) is 12.4 Å². The molecule has 32 heavy (non-hydrogen) atoms. The molecule has 7 nitrogen and oxygen atoms in total. The first-order chi connectivity index (χ1) is 15.1. The zero-order valence-corrected chi connectivity index (χ0v) is 17.8. The highest BCUT2D eigenvalue weighted by Gasteiger charge is 2.30. The van der Waals surface area contributed by atoms with E-state index in [1.54, 1.807) is 0 Å². The lowest BCUT2D eigenvalue weighted by atomic mass is 10.2. The Morgan fingerprint density at radius 2 is 1.91 bits per heavy atom. The maximum Gasteiger partial charge on any atom is 0.416 e. The van der Waals surface area contributed by atoms with Crippen molar-refractivity contribution in [2.24, 2.45) is 0 Å². The molecule has 1 unspecified atom stereocenters. The first-order valence-electron chi connectivity index (χ1n) is 9.95. The van der Waals surface area contributed by atoms with Gasteiger partial charge in [0.25, 0.3) is 5.91 Å². The van der Waals surface area contributed by atoms with Gasteiger partial charge < -0.3 is 14.8 Å². The van der Waals surface area contributed by atoms with Crippen LogP contribution < -0.4 is 14.8 Å². The Balaban J connectivity index is 1.49. The van der Waals surface area contributed by atoms with Gasteiger partial charge in [0.15, 0.2) is 0 Å². The lowest BCUT2D eigenvalue weighted by molar-refractivity contribution is -0.137. The molecule has 1 aliphatic rings. The van der Waals surface area contributed by atoms with Crippen molar-refractivity contribution >= 4 is 15.9 Å². The van der Waals surface area contributed by atoms with Gasteiger partial charge >= 0.3 is 6.18 Å². The summed E-state index contributed by atoms with van der Waals surface area (Å²) < 4.78 is 75.8. The third-order valence-corrected chi connectivity index (χ3v) is 6.19. The van der Waals surface area contributed by atoms with Crippen LogP contribution in [0, 0.1) is 0 Å². The van der Waals surface area contributed by atoms with E-state index in [0.717, 1.165) is 25.0 Å². The van der Waals surface area contributed by atoms with Gasteiger partial charge in [0, 0.05) is 18.7 Å². The smallest absolute Gasteiger partial charge is 0.416 e. The quantitative estimate of drug-likeness (QED) is 0.548. The van der Waals surface area contributed by atoms with Crippen LogP contribution in [-0.2, 0) is 20.9 Å². The molecule has 2 N–H and O–H groups in total. The first kappa shape index (κ1) is 24.0. The van der Waals surface area contributed by atoms with Crippen LogP contribution in [0.25, 0.3) is 0 Å². The molecule has 3 rings (SSSR count). The van der Waals surface area contributed by atoms with E-state index in [1.807, 2.05) is 0 Å². The summed E-state index contributed by atoms with van der Waals surface area (Å²) in [4.78, 5) is 12.3. The normalized spacial score (nSPS) is 16.7. The van der Waals surface area contributed by atoms with Crippen LogP contribution in [0.1, 0.15) is 28.8 Å². The van der Waals surface area contributed by atoms with Gasteiger partial charge in [0.05, 0.1) is 23.1 Å². The molecular formula is C21H23F3N2O5S. The van der Waals surface area contributed by atoms with Crippen LogP contribution in [0.3, 0.4) is 0 Å². The SMILES string of the molecule is O=C(NCCOc1ccc(C(F)(F)F)cc1)c1cccc(S(=O)(=O)NCC2CCCO2)c1. The molecule has 0 radical (unpaired) electrons. The molecular weight excluding hydrogens is 449 g/mol. The minimum Gasteiger partial charge on any atom is -0.492 e. The molecule has 0 bridgehead atoms. The van der Waals surface area contributed by atoms with E-state index in [0.29, 0.717) is 6.61 Å². The number of carbonyl (C=O) groups is 1. The maximum absolute atomic E-state index is 12.6. The van der Waals surface area contributed by atoms with E-state index >= 15 is 0 Å². The number of nitrogens with one attached hydrogen (secondary N) is 2. The molecule has 1 atom stereocenters. The van der Waals surface area contributed by atoms with E-state index in [9.17, 15) is 26.4 Å². The van der Waals surface area contributed by atoms with Gasteiger partial charge in [0.2, 0.25) is 10.0 Å². The molecule has 2 aromatic rings. The number of hydrogen-bond acceptors (Lipinski definition) is 5. The summed E-state index contributed by atoms with van der Waals surface area (Å²) in [5.41, 5.74) is -0.627. The van der Waals surface area contributed by atoms with Gasteiger partial charge in [-0.2, -0.15) is 13.2 Å². The Morgan fingerprint density at radius 1 is 1.16 bits per heavy atom. The van der Waals surface area contributed by atoms with Crippen LogP contribution in [0.5, 0.6) is 5.75 Å². The standard InChI is InChI=1S/C21H23F3N2O5S/c22-21(23,24)16-6-8-17(9-7-16)31-12-10-25-20(27)15-3-1-5-19(13-15)32(28,29)26-14-18-4-2-11-30-18/h1,3,5-9,13,18,26H,2,4,10-12,14H2,(H,25,27). The van der Waals surface area contributed by atoms with Crippen molar-refractivity contribution in [1.29, 1.82) is 0 Å². The summed E-state index contributed by atoms with van der Waals surface area (Å²) in [6, 6.07) is 9.82. The molecule has 1 amide bonds. The average Bonchev–Trinajstić information content (AvgIpc) is 3.29. The topological polar surface area (TPSA) is 93.7 Å². The molecule has 0 aliphatic carbocycles. The summed E-state index contributed by atoms with van der Waals surface area (Å²) in [5, 5.41) is 2.58. The Labute approximate surface area is 184 Å². The molecule has 174 valence electrons. The van der Waals surface area contributed by atoms with Crippen LogP contribution in [0.4, 0.5) is 13.2 Å². The van der Waals surface area contributed by atoms with Crippen molar-refractivity contribution in [2.45, 2.75) is 30.0 Å². The fourth-order valence-electron chi connectivity index (χ4n) is 3.07. The van der Waals surface area contributed by atoms with Crippen LogP contribution in [0.15, 0.2) is 53.4 Å². The predicted octanol–water partition coefficient (Wildman–Crippen LogP) is 2.97. The number of benzene rings is 2. The number of sulfonamides is 1. The summed E-state index contributed by atoms with van der Waals surface area (Å²) in [6.07, 6.45) is -2.89. The summed E-state index contributed by atoms with van der Waals surface area (Å²) in [5.74, 6) is -0.269. The molecule has 1 fully saturated rings. The fourth-order valence-corrected chi connectivity index (χ4v) is 4.18. The second-order valence-corrected chi connectivity index (χ2v) is 8.91. The van der Waals surface area contributed by atoms with E-state index in [2.05, 4.69) is 10.0 Å². The first-order valence-corrected chi connectivity index (χ1v) is 11.4.